The number of hydrogen-bond donors (Lipinski definition) is 1. The number of rotatable bonds is 13. The average molecular weight is 276 g/mol. The molecule has 0 radical (unpaired) electrons. The molecule has 0 aliphatic heterocycles. The predicted octanol–water partition coefficient (Wildman–Crippen LogP) is 1.12. The van der Waals surface area contributed by atoms with Gasteiger partial charge in [0.15, 0.2) is 0 Å². The Balaban J connectivity index is 3.64. The van der Waals surface area contributed by atoms with Crippen molar-refractivity contribution >= 4 is 0 Å². The van der Waals surface area contributed by atoms with Crippen molar-refractivity contribution in [1.82, 2.24) is 4.90 Å². The first-order valence-corrected chi connectivity index (χ1v) is 7.22. The number of nitrogens with two attached hydrogens (primary N) is 1. The molecule has 5 nitrogen and oxygen atoms in total. The standard InChI is InChI=1S/C14H32N2O3/c1-5-14(6-2,13-15)16(3)7-8-18-11-12-19-10-9-17-4/h5-13,15H2,1-4H3. The van der Waals surface area contributed by atoms with Crippen LogP contribution in [0.25, 0.3) is 0 Å². The van der Waals surface area contributed by atoms with Gasteiger partial charge in [-0.25, -0.2) is 0 Å². The zero-order chi connectivity index (χ0) is 14.6. The second kappa shape index (κ2) is 11.6. The van der Waals surface area contributed by atoms with Crippen LogP contribution in [0.1, 0.15) is 26.7 Å². The minimum atomic E-state index is 0.109. The van der Waals surface area contributed by atoms with Crippen LogP contribution >= 0.6 is 0 Å². The molecule has 19 heavy (non-hydrogen) atoms. The van der Waals surface area contributed by atoms with Crippen LogP contribution in [0.2, 0.25) is 0 Å². The SMILES string of the molecule is CCC(CC)(CN)N(C)CCOCCOCCOC. The van der Waals surface area contributed by atoms with Gasteiger partial charge in [-0.15, -0.1) is 0 Å². The Morgan fingerprint density at radius 2 is 1.47 bits per heavy atom. The van der Waals surface area contributed by atoms with E-state index in [4.69, 9.17) is 19.9 Å². The highest BCUT2D eigenvalue weighted by Gasteiger charge is 2.28. The van der Waals surface area contributed by atoms with Gasteiger partial charge in [0.05, 0.1) is 33.0 Å². The molecule has 0 spiro atoms. The lowest BCUT2D eigenvalue weighted by Crippen LogP contribution is -2.52. The Hall–Kier alpha value is -0.200. The van der Waals surface area contributed by atoms with Crippen molar-refractivity contribution in [2.24, 2.45) is 5.73 Å². The van der Waals surface area contributed by atoms with Gasteiger partial charge in [0.2, 0.25) is 0 Å². The number of methoxy groups -OCH3 is 1. The molecule has 0 aromatic heterocycles. The topological polar surface area (TPSA) is 57.0 Å². The summed E-state index contributed by atoms with van der Waals surface area (Å²) in [5, 5.41) is 0. The van der Waals surface area contributed by atoms with E-state index in [1.165, 1.54) is 0 Å². The second-order valence-corrected chi connectivity index (χ2v) is 4.77. The van der Waals surface area contributed by atoms with Gasteiger partial charge in [-0.05, 0) is 19.9 Å². The number of likely N-dealkylation sites (N-methyl/N-ethyl adjacent to an activating group) is 1. The number of hydrogen-bond acceptors (Lipinski definition) is 5. The van der Waals surface area contributed by atoms with E-state index in [0.717, 1.165) is 19.4 Å². The maximum atomic E-state index is 5.91. The Morgan fingerprint density at radius 3 is 1.95 bits per heavy atom. The molecule has 116 valence electrons. The summed E-state index contributed by atoms with van der Waals surface area (Å²) < 4.78 is 15.8. The Kier molecular flexibility index (Phi) is 11.5. The predicted molar refractivity (Wildman–Crippen MR) is 78.5 cm³/mol. The molecular weight excluding hydrogens is 244 g/mol. The fourth-order valence-electron chi connectivity index (χ4n) is 2.14. The highest BCUT2D eigenvalue weighted by atomic mass is 16.5. The van der Waals surface area contributed by atoms with Crippen LogP contribution in [-0.4, -0.2) is 70.7 Å². The zero-order valence-electron chi connectivity index (χ0n) is 13.1. The van der Waals surface area contributed by atoms with Crippen LogP contribution in [0, 0.1) is 0 Å². The molecule has 0 aliphatic carbocycles. The molecular formula is C14H32N2O3. The first-order chi connectivity index (χ1) is 9.16. The van der Waals surface area contributed by atoms with Gasteiger partial charge in [-0.3, -0.25) is 4.90 Å². The molecule has 0 amide bonds. The van der Waals surface area contributed by atoms with Gasteiger partial charge in [0.1, 0.15) is 0 Å². The Bertz CT molecular complexity index is 191. The maximum Gasteiger partial charge on any atom is 0.0701 e. The Labute approximate surface area is 118 Å². The van der Waals surface area contributed by atoms with Crippen molar-refractivity contribution in [2.45, 2.75) is 32.2 Å². The minimum Gasteiger partial charge on any atom is -0.382 e. The first kappa shape index (κ1) is 18.8. The van der Waals surface area contributed by atoms with Gasteiger partial charge in [0.25, 0.3) is 0 Å². The van der Waals surface area contributed by atoms with Crippen molar-refractivity contribution in [2.75, 3.05) is 60.3 Å². The van der Waals surface area contributed by atoms with Gasteiger partial charge < -0.3 is 19.9 Å². The molecule has 0 unspecified atom stereocenters. The van der Waals surface area contributed by atoms with Crippen LogP contribution in [0.15, 0.2) is 0 Å². The van der Waals surface area contributed by atoms with Gasteiger partial charge in [-0.1, -0.05) is 13.8 Å². The molecule has 0 heterocycles. The quantitative estimate of drug-likeness (QED) is 0.511. The van der Waals surface area contributed by atoms with E-state index in [-0.39, 0.29) is 5.54 Å². The highest BCUT2D eigenvalue weighted by Crippen LogP contribution is 2.20. The van der Waals surface area contributed by atoms with E-state index in [1.54, 1.807) is 7.11 Å². The minimum absolute atomic E-state index is 0.109. The van der Waals surface area contributed by atoms with Crippen molar-refractivity contribution < 1.29 is 14.2 Å². The molecule has 0 bridgehead atoms. The normalized spacial score (nSPS) is 12.3. The van der Waals surface area contributed by atoms with Crippen LogP contribution in [0.3, 0.4) is 0 Å². The first-order valence-electron chi connectivity index (χ1n) is 7.22. The summed E-state index contributed by atoms with van der Waals surface area (Å²) in [7, 11) is 3.79. The summed E-state index contributed by atoms with van der Waals surface area (Å²) in [5.74, 6) is 0. The van der Waals surface area contributed by atoms with Crippen LogP contribution in [0.4, 0.5) is 0 Å². The summed E-state index contributed by atoms with van der Waals surface area (Å²) in [4.78, 5) is 2.32. The van der Waals surface area contributed by atoms with E-state index in [9.17, 15) is 0 Å². The monoisotopic (exact) mass is 276 g/mol. The van der Waals surface area contributed by atoms with Crippen LogP contribution in [0.5, 0.6) is 0 Å². The van der Waals surface area contributed by atoms with E-state index in [0.29, 0.717) is 39.6 Å². The second-order valence-electron chi connectivity index (χ2n) is 4.77. The summed E-state index contributed by atoms with van der Waals surface area (Å²) in [5.41, 5.74) is 6.02. The van der Waals surface area contributed by atoms with Crippen molar-refractivity contribution in [3.8, 4) is 0 Å². The zero-order valence-corrected chi connectivity index (χ0v) is 13.1. The van der Waals surface area contributed by atoms with Crippen LogP contribution < -0.4 is 5.73 Å². The molecule has 0 atom stereocenters. The molecule has 2 N–H and O–H groups in total. The molecule has 5 heteroatoms. The molecule has 0 saturated heterocycles. The summed E-state index contributed by atoms with van der Waals surface area (Å²) >= 11 is 0. The average Bonchev–Trinajstić information content (AvgIpc) is 2.44. The maximum absolute atomic E-state index is 5.91. The third kappa shape index (κ3) is 7.22. The van der Waals surface area contributed by atoms with Gasteiger partial charge >= 0.3 is 0 Å². The largest absolute Gasteiger partial charge is 0.382 e. The van der Waals surface area contributed by atoms with E-state index in [2.05, 4.69) is 25.8 Å². The molecule has 0 saturated carbocycles. The fourth-order valence-corrected chi connectivity index (χ4v) is 2.14. The van der Waals surface area contributed by atoms with E-state index < -0.39 is 0 Å². The molecule has 0 aromatic carbocycles. The van der Waals surface area contributed by atoms with Crippen molar-refractivity contribution in [3.63, 3.8) is 0 Å². The lowest BCUT2D eigenvalue weighted by molar-refractivity contribution is 0.0109. The number of nitrogens with zero attached hydrogens (tertiary/aromatic N) is 1. The summed E-state index contributed by atoms with van der Waals surface area (Å²) in [6, 6.07) is 0. The van der Waals surface area contributed by atoms with Crippen LogP contribution in [-0.2, 0) is 14.2 Å². The third-order valence-electron chi connectivity index (χ3n) is 3.88. The van der Waals surface area contributed by atoms with E-state index >= 15 is 0 Å². The van der Waals surface area contributed by atoms with Crippen molar-refractivity contribution in [3.05, 3.63) is 0 Å². The molecule has 0 fully saturated rings. The summed E-state index contributed by atoms with van der Waals surface area (Å²) in [6.45, 7) is 9.20. The lowest BCUT2D eigenvalue weighted by Gasteiger charge is -2.40. The van der Waals surface area contributed by atoms with E-state index in [1.807, 2.05) is 0 Å². The third-order valence-corrected chi connectivity index (χ3v) is 3.88. The molecule has 0 aliphatic rings. The smallest absolute Gasteiger partial charge is 0.0701 e. The van der Waals surface area contributed by atoms with Gasteiger partial charge in [0, 0.05) is 25.7 Å². The lowest BCUT2D eigenvalue weighted by atomic mass is 9.91. The fraction of sp³-hybridized carbons (Fsp3) is 1.00. The highest BCUT2D eigenvalue weighted by molar-refractivity contribution is 4.87. The van der Waals surface area contributed by atoms with Crippen molar-refractivity contribution in [1.29, 1.82) is 0 Å². The Morgan fingerprint density at radius 1 is 0.947 bits per heavy atom. The summed E-state index contributed by atoms with van der Waals surface area (Å²) in [6.07, 6.45) is 2.13. The number of ether oxygens (including phenoxy) is 3. The van der Waals surface area contributed by atoms with Gasteiger partial charge in [-0.2, -0.15) is 0 Å². The molecule has 0 rings (SSSR count). The molecule has 0 aromatic rings.